The van der Waals surface area contributed by atoms with Crippen molar-refractivity contribution < 1.29 is 14.0 Å². The number of rotatable bonds is 5. The number of aromatic nitrogens is 2. The quantitative estimate of drug-likeness (QED) is 0.867. The first-order valence-corrected chi connectivity index (χ1v) is 9.56. The Bertz CT molecular complexity index is 778. The molecular formula is C18H21FN4O2S. The number of benzene rings is 1. The molecule has 6 nitrogen and oxygen atoms in total. The number of nitrogens with one attached hydrogen (secondary N) is 1. The topological polar surface area (TPSA) is 75.2 Å². The van der Waals surface area contributed by atoms with Crippen molar-refractivity contribution in [2.75, 3.05) is 18.4 Å². The van der Waals surface area contributed by atoms with E-state index >= 15 is 0 Å². The fourth-order valence-corrected chi connectivity index (χ4v) is 3.85. The summed E-state index contributed by atoms with van der Waals surface area (Å²) in [5, 5.41) is 11.9. The largest absolute Gasteiger partial charge is 0.342 e. The molecule has 8 heteroatoms. The highest BCUT2D eigenvalue weighted by Crippen LogP contribution is 2.29. The average Bonchev–Trinajstić information content (AvgIpc) is 3.14. The third-order valence-corrected chi connectivity index (χ3v) is 5.41. The molecule has 0 bridgehead atoms. The van der Waals surface area contributed by atoms with E-state index in [-0.39, 0.29) is 28.6 Å². The first kappa shape index (κ1) is 18.4. The molecule has 1 fully saturated rings. The molecule has 2 amide bonds. The predicted octanol–water partition coefficient (Wildman–Crippen LogP) is 3.44. The number of amides is 2. The number of carbonyl (C=O) groups is 2. The van der Waals surface area contributed by atoms with E-state index in [1.54, 1.807) is 0 Å². The Hall–Kier alpha value is -2.35. The molecule has 2 heterocycles. The van der Waals surface area contributed by atoms with Crippen LogP contribution in [0.25, 0.3) is 0 Å². The maximum Gasteiger partial charge on any atom is 0.286 e. The van der Waals surface area contributed by atoms with Crippen molar-refractivity contribution in [3.8, 4) is 0 Å². The molecular weight excluding hydrogens is 355 g/mol. The fraction of sp³-hybridized carbons (Fsp3) is 0.444. The average molecular weight is 376 g/mol. The Balaban J connectivity index is 1.64. The molecule has 0 radical (unpaired) electrons. The fourth-order valence-electron chi connectivity index (χ4n) is 2.99. The van der Waals surface area contributed by atoms with E-state index in [1.807, 2.05) is 11.8 Å². The molecule has 1 aromatic heterocycles. The van der Waals surface area contributed by atoms with Gasteiger partial charge in [0.1, 0.15) is 10.8 Å². The monoisotopic (exact) mass is 376 g/mol. The number of carbonyl (C=O) groups excluding carboxylic acids is 2. The summed E-state index contributed by atoms with van der Waals surface area (Å²) in [5.41, 5.74) is 0.502. The maximum atomic E-state index is 12.9. The van der Waals surface area contributed by atoms with Gasteiger partial charge in [0.15, 0.2) is 0 Å². The summed E-state index contributed by atoms with van der Waals surface area (Å²) < 4.78 is 12.9. The summed E-state index contributed by atoms with van der Waals surface area (Å²) in [5.74, 6) is -0.429. The highest BCUT2D eigenvalue weighted by Gasteiger charge is 2.27. The lowest BCUT2D eigenvalue weighted by atomic mass is 9.98. The molecule has 0 spiro atoms. The molecule has 1 saturated heterocycles. The second-order valence-electron chi connectivity index (χ2n) is 6.34. The number of likely N-dealkylation sites (tertiary alicyclic amines) is 1. The van der Waals surface area contributed by atoms with E-state index < -0.39 is 0 Å². The van der Waals surface area contributed by atoms with Crippen molar-refractivity contribution in [1.82, 2.24) is 15.1 Å². The van der Waals surface area contributed by atoms with Crippen LogP contribution in [0.3, 0.4) is 0 Å². The number of anilines is 1. The number of piperidine rings is 1. The van der Waals surface area contributed by atoms with Crippen LogP contribution < -0.4 is 5.32 Å². The second-order valence-corrected chi connectivity index (χ2v) is 7.34. The van der Waals surface area contributed by atoms with E-state index in [0.717, 1.165) is 30.8 Å². The molecule has 0 saturated carbocycles. The van der Waals surface area contributed by atoms with Crippen molar-refractivity contribution >= 4 is 28.8 Å². The minimum absolute atomic E-state index is 0.120. The normalized spacial score (nSPS) is 17.2. The summed E-state index contributed by atoms with van der Waals surface area (Å²) in [6.07, 6.45) is 3.27. The molecule has 26 heavy (non-hydrogen) atoms. The summed E-state index contributed by atoms with van der Waals surface area (Å²) in [6, 6.07) is 5.55. The smallest absolute Gasteiger partial charge is 0.286 e. The number of halogens is 1. The van der Waals surface area contributed by atoms with E-state index in [0.29, 0.717) is 18.7 Å². The van der Waals surface area contributed by atoms with Gasteiger partial charge in [-0.15, -0.1) is 10.2 Å². The molecule has 1 unspecified atom stereocenters. The van der Waals surface area contributed by atoms with E-state index in [9.17, 15) is 14.0 Å². The first-order chi connectivity index (χ1) is 12.6. The highest BCUT2D eigenvalue weighted by molar-refractivity contribution is 7.13. The molecule has 1 N–H and O–H groups in total. The number of nitrogens with zero attached hydrogens (tertiary/aromatic N) is 3. The Morgan fingerprint density at radius 3 is 2.81 bits per heavy atom. The molecule has 3 rings (SSSR count). The number of hydrogen-bond donors (Lipinski definition) is 1. The van der Waals surface area contributed by atoms with Crippen LogP contribution >= 0.6 is 11.3 Å². The summed E-state index contributed by atoms with van der Waals surface area (Å²) in [4.78, 5) is 26.3. The van der Waals surface area contributed by atoms with Crippen molar-refractivity contribution in [3.05, 3.63) is 40.1 Å². The lowest BCUT2D eigenvalue weighted by molar-refractivity contribution is -0.132. The van der Waals surface area contributed by atoms with Gasteiger partial charge in [-0.3, -0.25) is 9.59 Å². The van der Waals surface area contributed by atoms with Gasteiger partial charge in [-0.05, 0) is 43.5 Å². The van der Waals surface area contributed by atoms with Gasteiger partial charge in [0.2, 0.25) is 10.9 Å². The minimum Gasteiger partial charge on any atom is -0.342 e. The standard InChI is InChI=1S/C18H21FN4O2S/c1-2-4-15(24)23-10-3-5-12(11-23)17-21-22-18(26-17)16(25)20-14-8-6-13(19)7-9-14/h6-9,12H,2-5,10-11H2,1H3,(H,20,25). The van der Waals surface area contributed by atoms with Crippen molar-refractivity contribution in [3.63, 3.8) is 0 Å². The SMILES string of the molecule is CCCC(=O)N1CCCC(c2nnc(C(=O)Nc3ccc(F)cc3)s2)C1. The van der Waals surface area contributed by atoms with E-state index in [1.165, 1.54) is 35.6 Å². The van der Waals surface area contributed by atoms with E-state index in [2.05, 4.69) is 15.5 Å². The van der Waals surface area contributed by atoms with Crippen molar-refractivity contribution in [2.45, 2.75) is 38.5 Å². The second kappa shape index (κ2) is 8.35. The van der Waals surface area contributed by atoms with Crippen molar-refractivity contribution in [1.29, 1.82) is 0 Å². The third-order valence-electron chi connectivity index (χ3n) is 4.32. The van der Waals surface area contributed by atoms with Gasteiger partial charge in [0.05, 0.1) is 0 Å². The number of hydrogen-bond acceptors (Lipinski definition) is 5. The zero-order chi connectivity index (χ0) is 18.5. The van der Waals surface area contributed by atoms with Crippen LogP contribution in [0.2, 0.25) is 0 Å². The van der Waals surface area contributed by atoms with Crippen LogP contribution in [0, 0.1) is 5.82 Å². The van der Waals surface area contributed by atoms with Crippen LogP contribution in [-0.2, 0) is 4.79 Å². The van der Waals surface area contributed by atoms with E-state index in [4.69, 9.17) is 0 Å². The van der Waals surface area contributed by atoms with Gasteiger partial charge in [-0.1, -0.05) is 18.3 Å². The molecule has 1 atom stereocenters. The molecule has 1 aliphatic rings. The summed E-state index contributed by atoms with van der Waals surface area (Å²) in [7, 11) is 0. The zero-order valence-corrected chi connectivity index (χ0v) is 15.4. The summed E-state index contributed by atoms with van der Waals surface area (Å²) in [6.45, 7) is 3.41. The van der Waals surface area contributed by atoms with Crippen molar-refractivity contribution in [2.24, 2.45) is 0 Å². The molecule has 138 valence electrons. The Morgan fingerprint density at radius 1 is 1.31 bits per heavy atom. The Kier molecular flexibility index (Phi) is 5.92. The zero-order valence-electron chi connectivity index (χ0n) is 14.6. The van der Waals surface area contributed by atoms with Gasteiger partial charge in [0.25, 0.3) is 5.91 Å². The van der Waals surface area contributed by atoms with Crippen LogP contribution in [0.4, 0.5) is 10.1 Å². The first-order valence-electron chi connectivity index (χ1n) is 8.75. The van der Waals surface area contributed by atoms with Gasteiger partial charge in [-0.25, -0.2) is 4.39 Å². The molecule has 1 aromatic carbocycles. The summed E-state index contributed by atoms with van der Waals surface area (Å²) >= 11 is 1.25. The maximum absolute atomic E-state index is 12.9. The van der Waals surface area contributed by atoms with Crippen LogP contribution in [0.5, 0.6) is 0 Å². The van der Waals surface area contributed by atoms with Crippen LogP contribution in [-0.4, -0.2) is 40.0 Å². The Labute approximate surface area is 155 Å². The predicted molar refractivity (Wildman–Crippen MR) is 97.7 cm³/mol. The lowest BCUT2D eigenvalue weighted by Crippen LogP contribution is -2.38. The van der Waals surface area contributed by atoms with Gasteiger partial charge in [0, 0.05) is 31.1 Å². The van der Waals surface area contributed by atoms with Gasteiger partial charge < -0.3 is 10.2 Å². The van der Waals surface area contributed by atoms with Gasteiger partial charge in [-0.2, -0.15) is 0 Å². The van der Waals surface area contributed by atoms with Gasteiger partial charge >= 0.3 is 0 Å². The minimum atomic E-state index is -0.366. The van der Waals surface area contributed by atoms with Crippen LogP contribution in [0.15, 0.2) is 24.3 Å². The van der Waals surface area contributed by atoms with Crippen LogP contribution in [0.1, 0.15) is 53.3 Å². The molecule has 2 aromatic rings. The molecule has 0 aliphatic carbocycles. The molecule has 1 aliphatic heterocycles. The lowest BCUT2D eigenvalue weighted by Gasteiger charge is -2.31. The Morgan fingerprint density at radius 2 is 2.08 bits per heavy atom. The third kappa shape index (κ3) is 4.43. The highest BCUT2D eigenvalue weighted by atomic mass is 32.1.